The van der Waals surface area contributed by atoms with Crippen LogP contribution in [0.2, 0.25) is 0 Å². The molecule has 1 saturated carbocycles. The minimum absolute atomic E-state index is 0.00252. The molecule has 1 aliphatic carbocycles. The van der Waals surface area contributed by atoms with Gasteiger partial charge in [-0.05, 0) is 62.9 Å². The number of anilines is 1. The summed E-state index contributed by atoms with van der Waals surface area (Å²) in [5, 5.41) is 3.37. The van der Waals surface area contributed by atoms with Crippen LogP contribution in [0.15, 0.2) is 29.2 Å². The van der Waals surface area contributed by atoms with Crippen molar-refractivity contribution in [1.82, 2.24) is 14.1 Å². The molecule has 4 rings (SSSR count). The number of sulfonamides is 1. The fourth-order valence-corrected chi connectivity index (χ4v) is 8.08. The maximum absolute atomic E-state index is 13.5. The van der Waals surface area contributed by atoms with Gasteiger partial charge in [0.15, 0.2) is 0 Å². The summed E-state index contributed by atoms with van der Waals surface area (Å²) in [6.07, 6.45) is 5.46. The summed E-state index contributed by atoms with van der Waals surface area (Å²) < 4.78 is 27.8. The first kappa shape index (κ1) is 29.2. The molecule has 9 nitrogen and oxygen atoms in total. The molecule has 0 atom stereocenters. The molecule has 0 saturated heterocycles. The predicted molar refractivity (Wildman–Crippen MR) is 153 cm³/mol. The summed E-state index contributed by atoms with van der Waals surface area (Å²) in [4.78, 5) is 43.2. The molecule has 3 amide bonds. The van der Waals surface area contributed by atoms with E-state index in [2.05, 4.69) is 5.32 Å². The highest BCUT2D eigenvalue weighted by atomic mass is 32.2. The van der Waals surface area contributed by atoms with Crippen LogP contribution in [0.5, 0.6) is 0 Å². The molecule has 1 aromatic heterocycles. The molecule has 2 aromatic rings. The van der Waals surface area contributed by atoms with Crippen LogP contribution in [0, 0.1) is 0 Å². The molecule has 1 N–H and O–H groups in total. The fraction of sp³-hybridized carbons (Fsp3) is 0.536. The summed E-state index contributed by atoms with van der Waals surface area (Å²) in [7, 11) is -2.04. The molecule has 0 radical (unpaired) electrons. The Morgan fingerprint density at radius 2 is 1.69 bits per heavy atom. The predicted octanol–water partition coefficient (Wildman–Crippen LogP) is 4.34. The number of rotatable bonds is 8. The van der Waals surface area contributed by atoms with E-state index < -0.39 is 15.9 Å². The number of hydrogen-bond donors (Lipinski definition) is 1. The molecule has 39 heavy (non-hydrogen) atoms. The zero-order valence-corrected chi connectivity index (χ0v) is 24.8. The van der Waals surface area contributed by atoms with Crippen molar-refractivity contribution in [2.75, 3.05) is 32.0 Å². The SMILES string of the molecule is CCN(CC)C(=O)c1c(NC(=O)c2ccc(S(=O)(=O)N(C)C3CCCCC3)cc2)sc2c1CCN(C(C)=O)C2. The lowest BCUT2D eigenvalue weighted by Crippen LogP contribution is -2.38. The molecule has 0 spiro atoms. The average Bonchev–Trinajstić information content (AvgIpc) is 3.30. The Bertz CT molecular complexity index is 1330. The number of hydrogen-bond acceptors (Lipinski definition) is 6. The van der Waals surface area contributed by atoms with Gasteiger partial charge >= 0.3 is 0 Å². The zero-order valence-electron chi connectivity index (χ0n) is 23.2. The van der Waals surface area contributed by atoms with Gasteiger partial charge in [0.2, 0.25) is 15.9 Å². The molecular formula is C28H38N4O5S2. The van der Waals surface area contributed by atoms with E-state index in [1.807, 2.05) is 13.8 Å². The normalized spacial score (nSPS) is 16.2. The molecule has 11 heteroatoms. The number of benzene rings is 1. The molecular weight excluding hydrogens is 536 g/mol. The van der Waals surface area contributed by atoms with E-state index in [1.54, 1.807) is 16.8 Å². The van der Waals surface area contributed by atoms with E-state index in [9.17, 15) is 22.8 Å². The molecule has 1 aromatic carbocycles. The second-order valence-corrected chi connectivity index (χ2v) is 13.3. The number of carbonyl (C=O) groups is 3. The molecule has 2 aliphatic rings. The van der Waals surface area contributed by atoms with Crippen molar-refractivity contribution in [2.45, 2.75) is 76.8 Å². The smallest absolute Gasteiger partial charge is 0.257 e. The number of fused-ring (bicyclic) bond motifs is 1. The van der Waals surface area contributed by atoms with Gasteiger partial charge in [-0.25, -0.2) is 8.42 Å². The van der Waals surface area contributed by atoms with Crippen LogP contribution in [-0.4, -0.2) is 73.0 Å². The van der Waals surface area contributed by atoms with Crippen molar-refractivity contribution >= 4 is 44.1 Å². The number of nitrogens with zero attached hydrogens (tertiary/aromatic N) is 3. The van der Waals surface area contributed by atoms with Crippen LogP contribution >= 0.6 is 11.3 Å². The third kappa shape index (κ3) is 6.05. The highest BCUT2D eigenvalue weighted by Gasteiger charge is 2.32. The lowest BCUT2D eigenvalue weighted by atomic mass is 9.96. The number of thiophene rings is 1. The van der Waals surface area contributed by atoms with Crippen molar-refractivity contribution in [1.29, 1.82) is 0 Å². The van der Waals surface area contributed by atoms with Crippen molar-refractivity contribution in [3.8, 4) is 0 Å². The Hall–Kier alpha value is -2.76. The largest absolute Gasteiger partial charge is 0.339 e. The first-order valence-corrected chi connectivity index (χ1v) is 15.9. The van der Waals surface area contributed by atoms with Gasteiger partial charge in [0.1, 0.15) is 5.00 Å². The Morgan fingerprint density at radius 3 is 2.28 bits per heavy atom. The highest BCUT2D eigenvalue weighted by Crippen LogP contribution is 2.38. The van der Waals surface area contributed by atoms with Crippen LogP contribution in [0.4, 0.5) is 5.00 Å². The maximum Gasteiger partial charge on any atom is 0.257 e. The molecule has 2 heterocycles. The quantitative estimate of drug-likeness (QED) is 0.505. The number of amides is 3. The topological polar surface area (TPSA) is 107 Å². The lowest BCUT2D eigenvalue weighted by molar-refractivity contribution is -0.129. The Labute approximate surface area is 235 Å². The van der Waals surface area contributed by atoms with Crippen LogP contribution < -0.4 is 5.32 Å². The van der Waals surface area contributed by atoms with Crippen molar-refractivity contribution < 1.29 is 22.8 Å². The van der Waals surface area contributed by atoms with E-state index in [0.29, 0.717) is 48.7 Å². The van der Waals surface area contributed by atoms with Gasteiger partial charge in [-0.1, -0.05) is 19.3 Å². The van der Waals surface area contributed by atoms with Crippen molar-refractivity contribution in [2.24, 2.45) is 0 Å². The second kappa shape index (κ2) is 12.2. The number of nitrogens with one attached hydrogen (secondary N) is 1. The monoisotopic (exact) mass is 574 g/mol. The Morgan fingerprint density at radius 1 is 1.05 bits per heavy atom. The van der Waals surface area contributed by atoms with Gasteiger partial charge in [0.25, 0.3) is 11.8 Å². The van der Waals surface area contributed by atoms with Crippen LogP contribution in [0.3, 0.4) is 0 Å². The van der Waals surface area contributed by atoms with Crippen LogP contribution in [0.25, 0.3) is 0 Å². The van der Waals surface area contributed by atoms with Crippen molar-refractivity contribution in [3.63, 3.8) is 0 Å². The minimum Gasteiger partial charge on any atom is -0.339 e. The van der Waals surface area contributed by atoms with Gasteiger partial charge in [-0.3, -0.25) is 14.4 Å². The molecule has 0 unspecified atom stereocenters. The van der Waals surface area contributed by atoms with E-state index in [0.717, 1.165) is 42.5 Å². The van der Waals surface area contributed by atoms with Gasteiger partial charge in [-0.15, -0.1) is 11.3 Å². The lowest BCUT2D eigenvalue weighted by Gasteiger charge is -2.30. The van der Waals surface area contributed by atoms with Gasteiger partial charge in [0, 0.05) is 50.1 Å². The Kier molecular flexibility index (Phi) is 9.13. The van der Waals surface area contributed by atoms with E-state index in [1.165, 1.54) is 46.8 Å². The summed E-state index contributed by atoms with van der Waals surface area (Å²) in [5.41, 5.74) is 1.67. The summed E-state index contributed by atoms with van der Waals surface area (Å²) in [5.74, 6) is -0.591. The molecule has 0 bridgehead atoms. The summed E-state index contributed by atoms with van der Waals surface area (Å²) in [6, 6.07) is 5.95. The van der Waals surface area contributed by atoms with Gasteiger partial charge in [0.05, 0.1) is 17.0 Å². The minimum atomic E-state index is -3.67. The average molecular weight is 575 g/mol. The zero-order chi connectivity index (χ0) is 28.3. The third-order valence-electron chi connectivity index (χ3n) is 7.88. The first-order valence-electron chi connectivity index (χ1n) is 13.7. The third-order valence-corrected chi connectivity index (χ3v) is 10.9. The maximum atomic E-state index is 13.5. The molecule has 1 aliphatic heterocycles. The van der Waals surface area contributed by atoms with Gasteiger partial charge < -0.3 is 15.1 Å². The highest BCUT2D eigenvalue weighted by molar-refractivity contribution is 7.89. The molecule has 1 fully saturated rings. The number of carbonyl (C=O) groups excluding carboxylic acids is 3. The van der Waals surface area contributed by atoms with E-state index >= 15 is 0 Å². The summed E-state index contributed by atoms with van der Waals surface area (Å²) >= 11 is 1.32. The van der Waals surface area contributed by atoms with Crippen molar-refractivity contribution in [3.05, 3.63) is 45.8 Å². The van der Waals surface area contributed by atoms with Crippen LogP contribution in [0.1, 0.15) is 84.0 Å². The summed E-state index contributed by atoms with van der Waals surface area (Å²) in [6.45, 7) is 7.37. The second-order valence-electron chi connectivity index (χ2n) is 10.2. The van der Waals surface area contributed by atoms with Crippen LogP contribution in [-0.2, 0) is 27.8 Å². The first-order chi connectivity index (χ1) is 18.6. The van der Waals surface area contributed by atoms with E-state index in [-0.39, 0.29) is 22.8 Å². The standard InChI is InChI=1S/C28H38N4O5S2/c1-5-31(6-2)28(35)25-23-16-17-32(19(3)33)18-24(23)38-27(25)29-26(34)20-12-14-22(15-13-20)39(36,37)30(4)21-10-8-7-9-11-21/h12-15,21H,5-11,16-18H2,1-4H3,(H,29,34). The van der Waals surface area contributed by atoms with Gasteiger partial charge in [-0.2, -0.15) is 4.31 Å². The van der Waals surface area contributed by atoms with E-state index in [4.69, 9.17) is 0 Å². The fourth-order valence-electron chi connectivity index (χ4n) is 5.42. The molecule has 212 valence electrons. The Balaban J connectivity index is 1.58.